The first kappa shape index (κ1) is 14.9. The minimum absolute atomic E-state index is 0.124. The fourth-order valence-corrected chi connectivity index (χ4v) is 2.53. The van der Waals surface area contributed by atoms with Crippen molar-refractivity contribution >= 4 is 29.3 Å². The summed E-state index contributed by atoms with van der Waals surface area (Å²) < 4.78 is 0. The van der Waals surface area contributed by atoms with E-state index in [1.54, 1.807) is 24.5 Å². The van der Waals surface area contributed by atoms with E-state index in [2.05, 4.69) is 10.3 Å². The lowest BCUT2D eigenvalue weighted by Crippen LogP contribution is -2.25. The van der Waals surface area contributed by atoms with E-state index in [-0.39, 0.29) is 11.9 Å². The topological polar surface area (TPSA) is 79.3 Å². The lowest BCUT2D eigenvalue weighted by atomic mass is 10.1. The fourth-order valence-electron chi connectivity index (χ4n) is 1.72. The summed E-state index contributed by atoms with van der Waals surface area (Å²) >= 11 is 1.25. The Balaban J connectivity index is 2.02. The van der Waals surface area contributed by atoms with Crippen LogP contribution in [-0.2, 0) is 4.79 Å². The first-order valence-corrected chi connectivity index (χ1v) is 7.09. The number of hydrogen-bond donors (Lipinski definition) is 2. The number of carboxylic acid groups (broad SMARTS) is 1. The van der Waals surface area contributed by atoms with Crippen LogP contribution in [0.5, 0.6) is 0 Å². The molecule has 0 fully saturated rings. The largest absolute Gasteiger partial charge is 0.478 e. The van der Waals surface area contributed by atoms with Gasteiger partial charge < -0.3 is 10.4 Å². The first-order valence-electron chi connectivity index (χ1n) is 6.28. The van der Waals surface area contributed by atoms with Gasteiger partial charge in [0.05, 0.1) is 10.9 Å². The summed E-state index contributed by atoms with van der Waals surface area (Å²) in [6, 6.07) is 6.97. The summed E-state index contributed by atoms with van der Waals surface area (Å²) in [5.74, 6) is -1.19. The Kier molecular flexibility index (Phi) is 4.84. The molecule has 6 heteroatoms. The Hall–Kier alpha value is -2.47. The number of hydrogen-bond acceptors (Lipinski definition) is 4. The molecule has 21 heavy (non-hydrogen) atoms. The van der Waals surface area contributed by atoms with Crippen LogP contribution in [0.3, 0.4) is 0 Å². The smallest absolute Gasteiger partial charge is 0.328 e. The van der Waals surface area contributed by atoms with Crippen LogP contribution in [0.1, 0.15) is 33.1 Å². The van der Waals surface area contributed by atoms with E-state index in [1.807, 2.05) is 19.1 Å². The highest BCUT2D eigenvalue weighted by Gasteiger charge is 2.13. The minimum Gasteiger partial charge on any atom is -0.478 e. The molecule has 1 amide bonds. The van der Waals surface area contributed by atoms with Gasteiger partial charge in [-0.3, -0.25) is 9.78 Å². The molecule has 2 heterocycles. The minimum atomic E-state index is -1.01. The molecule has 0 radical (unpaired) electrons. The number of aliphatic carboxylic acids is 1. The number of pyridine rings is 1. The van der Waals surface area contributed by atoms with Crippen molar-refractivity contribution in [1.82, 2.24) is 10.3 Å². The molecule has 0 aliphatic carbocycles. The van der Waals surface area contributed by atoms with Gasteiger partial charge in [-0.05, 0) is 42.8 Å². The van der Waals surface area contributed by atoms with Crippen LogP contribution >= 0.6 is 11.3 Å². The van der Waals surface area contributed by atoms with Gasteiger partial charge in [-0.2, -0.15) is 0 Å². The number of rotatable bonds is 5. The summed E-state index contributed by atoms with van der Waals surface area (Å²) in [7, 11) is 0. The number of aromatic nitrogens is 1. The molecule has 108 valence electrons. The third kappa shape index (κ3) is 4.25. The molecule has 0 aliphatic heterocycles. The average Bonchev–Trinajstić information content (AvgIpc) is 2.95. The number of carbonyl (C=O) groups excluding carboxylic acids is 1. The Bertz CT molecular complexity index is 665. The van der Waals surface area contributed by atoms with Crippen molar-refractivity contribution in [2.75, 3.05) is 0 Å². The van der Waals surface area contributed by atoms with Crippen LogP contribution in [0.2, 0.25) is 0 Å². The van der Waals surface area contributed by atoms with Gasteiger partial charge in [-0.15, -0.1) is 11.3 Å². The number of amides is 1. The Morgan fingerprint density at radius 2 is 2.00 bits per heavy atom. The molecule has 1 atom stereocenters. The molecule has 1 unspecified atom stereocenters. The third-order valence-electron chi connectivity index (χ3n) is 2.79. The summed E-state index contributed by atoms with van der Waals surface area (Å²) in [5, 5.41) is 11.5. The third-order valence-corrected chi connectivity index (χ3v) is 3.84. The van der Waals surface area contributed by atoms with Crippen molar-refractivity contribution in [3.8, 4) is 0 Å². The van der Waals surface area contributed by atoms with Crippen LogP contribution < -0.4 is 5.32 Å². The fraction of sp³-hybridized carbons (Fsp3) is 0.133. The SMILES string of the molecule is CC(NC(=O)c1ccc(C=CC(=O)O)s1)c1ccncc1. The quantitative estimate of drug-likeness (QED) is 0.832. The van der Waals surface area contributed by atoms with Gasteiger partial charge in [-0.1, -0.05) is 0 Å². The highest BCUT2D eigenvalue weighted by Crippen LogP contribution is 2.19. The van der Waals surface area contributed by atoms with Crippen LogP contribution in [-0.4, -0.2) is 22.0 Å². The van der Waals surface area contributed by atoms with Crippen molar-refractivity contribution in [3.63, 3.8) is 0 Å². The molecule has 0 bridgehead atoms. The summed E-state index contributed by atoms with van der Waals surface area (Å²) in [6.07, 6.45) is 5.87. The van der Waals surface area contributed by atoms with Gasteiger partial charge in [0.1, 0.15) is 0 Å². The van der Waals surface area contributed by atoms with Crippen molar-refractivity contribution in [3.05, 3.63) is 58.1 Å². The van der Waals surface area contributed by atoms with Gasteiger partial charge in [-0.25, -0.2) is 4.79 Å². The van der Waals surface area contributed by atoms with E-state index in [0.717, 1.165) is 16.5 Å². The van der Waals surface area contributed by atoms with Crippen LogP contribution in [0.4, 0.5) is 0 Å². The number of nitrogens with zero attached hydrogens (tertiary/aromatic N) is 1. The normalized spacial score (nSPS) is 12.2. The Morgan fingerprint density at radius 3 is 2.67 bits per heavy atom. The average molecular weight is 302 g/mol. The zero-order valence-corrected chi connectivity index (χ0v) is 12.1. The van der Waals surface area contributed by atoms with Crippen molar-refractivity contribution < 1.29 is 14.7 Å². The van der Waals surface area contributed by atoms with Crippen LogP contribution in [0.25, 0.3) is 6.08 Å². The predicted molar refractivity (Wildman–Crippen MR) is 81.1 cm³/mol. The summed E-state index contributed by atoms with van der Waals surface area (Å²) in [6.45, 7) is 1.89. The van der Waals surface area contributed by atoms with Gasteiger partial charge in [0, 0.05) is 23.3 Å². The van der Waals surface area contributed by atoms with Crippen molar-refractivity contribution in [1.29, 1.82) is 0 Å². The van der Waals surface area contributed by atoms with Gasteiger partial charge >= 0.3 is 5.97 Å². The molecule has 0 aliphatic rings. The molecular weight excluding hydrogens is 288 g/mol. The highest BCUT2D eigenvalue weighted by atomic mass is 32.1. The molecule has 2 aromatic rings. The maximum atomic E-state index is 12.1. The summed E-state index contributed by atoms with van der Waals surface area (Å²) in [5.41, 5.74) is 0.973. The maximum absolute atomic E-state index is 12.1. The van der Waals surface area contributed by atoms with E-state index in [1.165, 1.54) is 17.4 Å². The number of thiophene rings is 1. The van der Waals surface area contributed by atoms with Crippen LogP contribution in [0, 0.1) is 0 Å². The van der Waals surface area contributed by atoms with E-state index in [9.17, 15) is 9.59 Å². The Labute approximate surface area is 126 Å². The van der Waals surface area contributed by atoms with E-state index in [0.29, 0.717) is 4.88 Å². The first-order chi connectivity index (χ1) is 10.1. The van der Waals surface area contributed by atoms with Gasteiger partial charge in [0.25, 0.3) is 5.91 Å². The number of nitrogens with one attached hydrogen (secondary N) is 1. The second kappa shape index (κ2) is 6.81. The molecule has 0 saturated carbocycles. The van der Waals surface area contributed by atoms with E-state index in [4.69, 9.17) is 5.11 Å². The molecule has 0 saturated heterocycles. The van der Waals surface area contributed by atoms with Gasteiger partial charge in [0.15, 0.2) is 0 Å². The molecule has 5 nitrogen and oxygen atoms in total. The second-order valence-corrected chi connectivity index (χ2v) is 5.46. The molecule has 0 aromatic carbocycles. The Morgan fingerprint density at radius 1 is 1.29 bits per heavy atom. The maximum Gasteiger partial charge on any atom is 0.328 e. The lowest BCUT2D eigenvalue weighted by Gasteiger charge is -2.13. The molecular formula is C15H14N2O3S. The number of carbonyl (C=O) groups is 2. The predicted octanol–water partition coefficient (Wildman–Crippen LogP) is 2.73. The zero-order chi connectivity index (χ0) is 15.2. The van der Waals surface area contributed by atoms with E-state index >= 15 is 0 Å². The van der Waals surface area contributed by atoms with Crippen LogP contribution in [0.15, 0.2) is 42.7 Å². The molecule has 2 N–H and O–H groups in total. The van der Waals surface area contributed by atoms with Gasteiger partial charge in [0.2, 0.25) is 0 Å². The molecule has 2 aromatic heterocycles. The van der Waals surface area contributed by atoms with E-state index < -0.39 is 5.97 Å². The van der Waals surface area contributed by atoms with Crippen molar-refractivity contribution in [2.24, 2.45) is 0 Å². The molecule has 2 rings (SSSR count). The zero-order valence-electron chi connectivity index (χ0n) is 11.3. The van der Waals surface area contributed by atoms with Crippen molar-refractivity contribution in [2.45, 2.75) is 13.0 Å². The monoisotopic (exact) mass is 302 g/mol. The standard InChI is InChI=1S/C15H14N2O3S/c1-10(11-6-8-16-9-7-11)17-15(20)13-4-2-12(21-13)3-5-14(18)19/h2-10H,1H3,(H,17,20)(H,18,19). The summed E-state index contributed by atoms with van der Waals surface area (Å²) in [4.78, 5) is 27.8. The highest BCUT2D eigenvalue weighted by molar-refractivity contribution is 7.14. The second-order valence-electron chi connectivity index (χ2n) is 4.35. The number of carboxylic acids is 1. The molecule has 0 spiro atoms. The lowest BCUT2D eigenvalue weighted by molar-refractivity contribution is -0.131.